The van der Waals surface area contributed by atoms with Crippen molar-refractivity contribution in [1.82, 2.24) is 9.97 Å². The van der Waals surface area contributed by atoms with Crippen molar-refractivity contribution in [1.29, 1.82) is 5.41 Å². The first-order valence-corrected chi connectivity index (χ1v) is 10.9. The van der Waals surface area contributed by atoms with Gasteiger partial charge >= 0.3 is 11.9 Å². The molecule has 0 atom stereocenters. The number of rotatable bonds is 10. The highest BCUT2D eigenvalue weighted by atomic mass is 16.6. The Bertz CT molecular complexity index is 958. The highest BCUT2D eigenvalue weighted by Gasteiger charge is 2.22. The first-order valence-electron chi connectivity index (χ1n) is 10.9. The van der Waals surface area contributed by atoms with Gasteiger partial charge in [-0.25, -0.2) is 14.8 Å². The van der Waals surface area contributed by atoms with Gasteiger partial charge in [0.1, 0.15) is 25.5 Å². The minimum atomic E-state index is -0.532. The van der Waals surface area contributed by atoms with Gasteiger partial charge in [-0.3, -0.25) is 10.2 Å². The maximum absolute atomic E-state index is 11.6. The zero-order valence-electron chi connectivity index (χ0n) is 18.7. The zero-order valence-corrected chi connectivity index (χ0v) is 18.7. The van der Waals surface area contributed by atoms with E-state index in [0.29, 0.717) is 12.6 Å². The van der Waals surface area contributed by atoms with Gasteiger partial charge in [-0.2, -0.15) is 0 Å². The van der Waals surface area contributed by atoms with Gasteiger partial charge in [0.05, 0.1) is 12.7 Å². The molecular weight excluding hydrogens is 438 g/mol. The Morgan fingerprint density at radius 3 is 2.47 bits per heavy atom. The van der Waals surface area contributed by atoms with Crippen LogP contribution in [0.1, 0.15) is 39.2 Å². The summed E-state index contributed by atoms with van der Waals surface area (Å²) in [6.07, 6.45) is 4.92. The number of ether oxygens (including phenoxy) is 3. The number of nitrogens with one attached hydrogen (secondary N) is 1. The van der Waals surface area contributed by atoms with Crippen LogP contribution in [0.3, 0.4) is 0 Å². The molecule has 2 heterocycles. The smallest absolute Gasteiger partial charge is 0.332 e. The molecule has 0 amide bonds. The van der Waals surface area contributed by atoms with E-state index < -0.39 is 5.97 Å². The molecule has 1 aliphatic heterocycles. The lowest BCUT2D eigenvalue weighted by molar-refractivity contribution is -0.151. The third-order valence-electron chi connectivity index (χ3n) is 5.10. The van der Waals surface area contributed by atoms with E-state index in [1.165, 1.54) is 0 Å². The van der Waals surface area contributed by atoms with Crippen LogP contribution in [-0.4, -0.2) is 60.1 Å². The van der Waals surface area contributed by atoms with Crippen LogP contribution in [0.25, 0.3) is 11.1 Å². The summed E-state index contributed by atoms with van der Waals surface area (Å²) in [6, 6.07) is 7.57. The fourth-order valence-electron chi connectivity index (χ4n) is 3.46. The molecule has 0 spiro atoms. The summed E-state index contributed by atoms with van der Waals surface area (Å²) in [7, 11) is 0. The first kappa shape index (κ1) is 26.7. The van der Waals surface area contributed by atoms with Gasteiger partial charge < -0.3 is 24.8 Å². The molecule has 34 heavy (non-hydrogen) atoms. The summed E-state index contributed by atoms with van der Waals surface area (Å²) in [5, 5.41) is 7.14. The molecule has 3 rings (SSSR count). The van der Waals surface area contributed by atoms with E-state index in [0.717, 1.165) is 42.6 Å². The average Bonchev–Trinajstić information content (AvgIpc) is 2.82. The first-order chi connectivity index (χ1) is 15.9. The van der Waals surface area contributed by atoms with E-state index in [1.807, 2.05) is 24.3 Å². The largest absolute Gasteiger partial charge is 0.464 e. The summed E-state index contributed by atoms with van der Waals surface area (Å²) in [4.78, 5) is 34.1. The standard InChI is InChI=1S/C23H29N5O5.CH4/c1-2-31-22(30)15-32-19-6-8-28(9-7-19)23-26-12-18(13-27-23)17-5-3-4-16(10-17)14-33-21(29)11-20(24)25;/h3-5,10,12-13,19H,2,6-9,11,14-15H2,1H3,(H3,24,25);1H4. The van der Waals surface area contributed by atoms with Crippen molar-refractivity contribution >= 4 is 23.7 Å². The fourth-order valence-corrected chi connectivity index (χ4v) is 3.46. The van der Waals surface area contributed by atoms with E-state index in [-0.39, 0.29) is 45.0 Å². The summed E-state index contributed by atoms with van der Waals surface area (Å²) >= 11 is 0. The van der Waals surface area contributed by atoms with Crippen LogP contribution in [0.2, 0.25) is 0 Å². The summed E-state index contributed by atoms with van der Waals surface area (Å²) in [6.45, 7) is 3.70. The molecular formula is C24H33N5O5. The number of hydrogen-bond donors (Lipinski definition) is 2. The number of hydrogen-bond acceptors (Lipinski definition) is 9. The number of carbonyl (C=O) groups excluding carboxylic acids is 2. The van der Waals surface area contributed by atoms with Gasteiger partial charge in [0.15, 0.2) is 0 Å². The van der Waals surface area contributed by atoms with Crippen LogP contribution in [-0.2, 0) is 30.4 Å². The molecule has 1 fully saturated rings. The van der Waals surface area contributed by atoms with Crippen LogP contribution >= 0.6 is 0 Å². The molecule has 2 aromatic rings. The van der Waals surface area contributed by atoms with E-state index in [4.69, 9.17) is 25.4 Å². The Morgan fingerprint density at radius 1 is 1.12 bits per heavy atom. The zero-order chi connectivity index (χ0) is 23.6. The second-order valence-corrected chi connectivity index (χ2v) is 7.64. The molecule has 1 aromatic heterocycles. The van der Waals surface area contributed by atoms with Crippen LogP contribution in [0.15, 0.2) is 36.7 Å². The quantitative estimate of drug-likeness (QED) is 0.304. The fraction of sp³-hybridized carbons (Fsp3) is 0.458. The number of nitrogens with two attached hydrogens (primary N) is 1. The van der Waals surface area contributed by atoms with Crippen molar-refractivity contribution in [3.63, 3.8) is 0 Å². The second kappa shape index (κ2) is 13.2. The molecule has 10 heteroatoms. The van der Waals surface area contributed by atoms with Gasteiger partial charge in [0.25, 0.3) is 0 Å². The number of nitrogens with zero attached hydrogens (tertiary/aromatic N) is 3. The molecule has 10 nitrogen and oxygen atoms in total. The van der Waals surface area contributed by atoms with E-state index in [1.54, 1.807) is 19.3 Å². The second-order valence-electron chi connectivity index (χ2n) is 7.64. The predicted molar refractivity (Wildman–Crippen MR) is 128 cm³/mol. The van der Waals surface area contributed by atoms with Crippen LogP contribution in [0, 0.1) is 5.41 Å². The summed E-state index contributed by atoms with van der Waals surface area (Å²) in [5.41, 5.74) is 7.79. The minimum absolute atomic E-state index is 0. The highest BCUT2D eigenvalue weighted by molar-refractivity contribution is 5.94. The van der Waals surface area contributed by atoms with E-state index in [2.05, 4.69) is 14.9 Å². The van der Waals surface area contributed by atoms with Gasteiger partial charge in [-0.05, 0) is 37.0 Å². The Labute approximate surface area is 199 Å². The van der Waals surface area contributed by atoms with E-state index >= 15 is 0 Å². The lowest BCUT2D eigenvalue weighted by atomic mass is 10.1. The van der Waals surface area contributed by atoms with E-state index in [9.17, 15) is 9.59 Å². The molecule has 0 unspecified atom stereocenters. The maximum Gasteiger partial charge on any atom is 0.332 e. The molecule has 0 bridgehead atoms. The van der Waals surface area contributed by atoms with Crippen molar-refractivity contribution < 1.29 is 23.8 Å². The number of anilines is 1. The number of esters is 2. The third kappa shape index (κ3) is 8.11. The molecule has 1 saturated heterocycles. The molecule has 0 radical (unpaired) electrons. The number of piperidine rings is 1. The van der Waals surface area contributed by atoms with Crippen molar-refractivity contribution in [2.75, 3.05) is 31.2 Å². The predicted octanol–water partition coefficient (Wildman–Crippen LogP) is 2.70. The Kier molecular flexibility index (Phi) is 10.4. The average molecular weight is 472 g/mol. The van der Waals surface area contributed by atoms with Gasteiger partial charge in [-0.15, -0.1) is 0 Å². The third-order valence-corrected chi connectivity index (χ3v) is 5.10. The highest BCUT2D eigenvalue weighted by Crippen LogP contribution is 2.23. The molecule has 1 aliphatic rings. The minimum Gasteiger partial charge on any atom is -0.464 e. The van der Waals surface area contributed by atoms with Crippen LogP contribution < -0.4 is 10.6 Å². The maximum atomic E-state index is 11.6. The van der Waals surface area contributed by atoms with Crippen LogP contribution in [0.4, 0.5) is 5.95 Å². The number of benzene rings is 1. The van der Waals surface area contributed by atoms with Crippen LogP contribution in [0.5, 0.6) is 0 Å². The van der Waals surface area contributed by atoms with Crippen molar-refractivity contribution in [2.45, 2.75) is 46.3 Å². The van der Waals surface area contributed by atoms with Gasteiger partial charge in [0, 0.05) is 31.0 Å². The summed E-state index contributed by atoms with van der Waals surface area (Å²) in [5.74, 6) is -0.441. The molecule has 184 valence electrons. The van der Waals surface area contributed by atoms with Crippen molar-refractivity contribution in [2.24, 2.45) is 5.73 Å². The Hall–Kier alpha value is -3.53. The van der Waals surface area contributed by atoms with Crippen molar-refractivity contribution in [3.8, 4) is 11.1 Å². The SMILES string of the molecule is C.CCOC(=O)COC1CCN(c2ncc(-c3cccc(COC(=O)CC(=N)N)c3)cn2)CC1. The molecule has 3 N–H and O–H groups in total. The van der Waals surface area contributed by atoms with Gasteiger partial charge in [-0.1, -0.05) is 25.6 Å². The lowest BCUT2D eigenvalue weighted by Gasteiger charge is -2.31. The van der Waals surface area contributed by atoms with Crippen molar-refractivity contribution in [3.05, 3.63) is 42.2 Å². The molecule has 0 aliphatic carbocycles. The monoisotopic (exact) mass is 471 g/mol. The normalized spacial score (nSPS) is 13.6. The Balaban J connectivity index is 0.00000408. The number of carbonyl (C=O) groups is 2. The molecule has 1 aromatic carbocycles. The lowest BCUT2D eigenvalue weighted by Crippen LogP contribution is -2.38. The topological polar surface area (TPSA) is 141 Å². The molecule has 0 saturated carbocycles. The number of aromatic nitrogens is 2. The number of amidine groups is 1. The summed E-state index contributed by atoms with van der Waals surface area (Å²) < 4.78 is 15.7. The Morgan fingerprint density at radius 2 is 1.82 bits per heavy atom. The van der Waals surface area contributed by atoms with Gasteiger partial charge in [0.2, 0.25) is 5.95 Å².